The molecule has 1 aromatic rings. The predicted molar refractivity (Wildman–Crippen MR) is 54.1 cm³/mol. The molecule has 1 aromatic carbocycles. The molecule has 0 radical (unpaired) electrons. The monoisotopic (exact) mass is 224 g/mol. The molecule has 0 fully saturated rings. The molecule has 0 N–H and O–H groups in total. The fourth-order valence-electron chi connectivity index (χ4n) is 0.856. The largest absolute Gasteiger partial charge is 0.297 e. The van der Waals surface area contributed by atoms with Crippen LogP contribution in [0.5, 0.6) is 0 Å². The van der Waals surface area contributed by atoms with Crippen molar-refractivity contribution < 1.29 is 4.79 Å². The van der Waals surface area contributed by atoms with Crippen LogP contribution in [0.2, 0.25) is 0 Å². The van der Waals surface area contributed by atoms with Gasteiger partial charge in [0.1, 0.15) is 0 Å². The van der Waals surface area contributed by atoms with Gasteiger partial charge in [-0.1, -0.05) is 29.8 Å². The second kappa shape index (κ2) is 4.21. The first-order chi connectivity index (χ1) is 5.72. The van der Waals surface area contributed by atoms with E-state index in [2.05, 4.69) is 15.9 Å². The van der Waals surface area contributed by atoms with Crippen LogP contribution >= 0.6 is 15.9 Å². The van der Waals surface area contributed by atoms with Crippen LogP contribution in [-0.4, -0.2) is 6.29 Å². The average Bonchev–Trinajstić information content (AvgIpc) is 2.09. The average molecular weight is 225 g/mol. The van der Waals surface area contributed by atoms with Gasteiger partial charge in [-0.2, -0.15) is 0 Å². The van der Waals surface area contributed by atoms with E-state index < -0.39 is 0 Å². The summed E-state index contributed by atoms with van der Waals surface area (Å²) in [6.45, 7) is 2.03. The highest BCUT2D eigenvalue weighted by Gasteiger charge is 1.89. The fraction of sp³-hybridized carbons (Fsp3) is 0.100. The quantitative estimate of drug-likeness (QED) is 0.558. The highest BCUT2D eigenvalue weighted by Crippen LogP contribution is 2.10. The minimum atomic E-state index is 0.561. The van der Waals surface area contributed by atoms with Gasteiger partial charge in [0, 0.05) is 0 Å². The fourth-order valence-corrected chi connectivity index (χ4v) is 1.12. The molecule has 0 saturated carbocycles. The molecule has 0 amide bonds. The Balaban J connectivity index is 2.91. The Labute approximate surface area is 80.2 Å². The van der Waals surface area contributed by atoms with Gasteiger partial charge in [0.25, 0.3) is 0 Å². The summed E-state index contributed by atoms with van der Waals surface area (Å²) in [4.78, 5) is 10.3. The second-order valence-electron chi connectivity index (χ2n) is 2.56. The third-order valence-corrected chi connectivity index (χ3v) is 1.91. The topological polar surface area (TPSA) is 17.1 Å². The standard InChI is InChI=1S/C10H9BrO/c1-8-2-4-9(5-3-8)6-10(11)7-12/h2-7H,1H3/b10-6-. The van der Waals surface area contributed by atoms with Gasteiger partial charge in [-0.05, 0) is 34.5 Å². The zero-order chi connectivity index (χ0) is 8.97. The van der Waals surface area contributed by atoms with E-state index in [0.717, 1.165) is 11.8 Å². The Kier molecular flexibility index (Phi) is 3.23. The van der Waals surface area contributed by atoms with Gasteiger partial charge in [0.2, 0.25) is 0 Å². The van der Waals surface area contributed by atoms with Crippen LogP contribution in [0.15, 0.2) is 28.7 Å². The number of hydrogen-bond donors (Lipinski definition) is 0. The van der Waals surface area contributed by atoms with Crippen LogP contribution in [0.25, 0.3) is 6.08 Å². The molecule has 1 nitrogen and oxygen atoms in total. The molecule has 0 unspecified atom stereocenters. The molecule has 0 saturated heterocycles. The van der Waals surface area contributed by atoms with E-state index in [9.17, 15) is 4.79 Å². The zero-order valence-corrected chi connectivity index (χ0v) is 8.34. The first-order valence-electron chi connectivity index (χ1n) is 3.61. The van der Waals surface area contributed by atoms with Crippen molar-refractivity contribution in [1.82, 2.24) is 0 Å². The molecule has 0 aliphatic carbocycles. The maximum Gasteiger partial charge on any atom is 0.157 e. The van der Waals surface area contributed by atoms with Crippen LogP contribution in [0, 0.1) is 6.92 Å². The van der Waals surface area contributed by atoms with Crippen LogP contribution in [0.3, 0.4) is 0 Å². The summed E-state index contributed by atoms with van der Waals surface area (Å²) >= 11 is 3.13. The molecule has 0 aliphatic rings. The van der Waals surface area contributed by atoms with Gasteiger partial charge in [-0.3, -0.25) is 4.79 Å². The molecule has 0 aliphatic heterocycles. The molecule has 0 heterocycles. The minimum absolute atomic E-state index is 0.561. The van der Waals surface area contributed by atoms with Crippen molar-refractivity contribution in [1.29, 1.82) is 0 Å². The summed E-state index contributed by atoms with van der Waals surface area (Å²) in [5, 5.41) is 0. The molecule has 2 heteroatoms. The molecule has 0 spiro atoms. The van der Waals surface area contributed by atoms with Crippen molar-refractivity contribution in [2.24, 2.45) is 0 Å². The first kappa shape index (κ1) is 9.20. The van der Waals surface area contributed by atoms with Crippen LogP contribution in [0.1, 0.15) is 11.1 Å². The number of halogens is 1. The van der Waals surface area contributed by atoms with Gasteiger partial charge in [-0.15, -0.1) is 0 Å². The van der Waals surface area contributed by atoms with Gasteiger partial charge in [0.05, 0.1) is 4.48 Å². The SMILES string of the molecule is Cc1ccc(/C=C(\Br)C=O)cc1. The van der Waals surface area contributed by atoms with Crippen molar-refractivity contribution in [2.45, 2.75) is 6.92 Å². The molecule has 62 valence electrons. The summed E-state index contributed by atoms with van der Waals surface area (Å²) in [5.74, 6) is 0. The Morgan fingerprint density at radius 2 is 1.92 bits per heavy atom. The molecular weight excluding hydrogens is 216 g/mol. The van der Waals surface area contributed by atoms with E-state index in [1.165, 1.54) is 5.56 Å². The number of aryl methyl sites for hydroxylation is 1. The molecule has 0 aromatic heterocycles. The number of hydrogen-bond acceptors (Lipinski definition) is 1. The number of carbonyl (C=O) groups excluding carboxylic acids is 1. The lowest BCUT2D eigenvalue weighted by atomic mass is 10.1. The highest BCUT2D eigenvalue weighted by molar-refractivity contribution is 9.12. The van der Waals surface area contributed by atoms with Crippen molar-refractivity contribution >= 4 is 28.3 Å². The van der Waals surface area contributed by atoms with Crippen molar-refractivity contribution in [3.8, 4) is 0 Å². The summed E-state index contributed by atoms with van der Waals surface area (Å²) in [5.41, 5.74) is 2.24. The first-order valence-corrected chi connectivity index (χ1v) is 4.41. The Hall–Kier alpha value is -0.890. The Morgan fingerprint density at radius 3 is 2.42 bits per heavy atom. The predicted octanol–water partition coefficient (Wildman–Crippen LogP) is 2.93. The number of benzene rings is 1. The van der Waals surface area contributed by atoms with E-state index in [4.69, 9.17) is 0 Å². The summed E-state index contributed by atoms with van der Waals surface area (Å²) < 4.78 is 0.561. The normalized spacial score (nSPS) is 11.3. The van der Waals surface area contributed by atoms with E-state index in [-0.39, 0.29) is 0 Å². The molecule has 1 rings (SSSR count). The highest BCUT2D eigenvalue weighted by atomic mass is 79.9. The van der Waals surface area contributed by atoms with Crippen LogP contribution < -0.4 is 0 Å². The lowest BCUT2D eigenvalue weighted by molar-refractivity contribution is -0.104. The molecular formula is C10H9BrO. The van der Waals surface area contributed by atoms with Crippen LogP contribution in [0.4, 0.5) is 0 Å². The molecule has 12 heavy (non-hydrogen) atoms. The number of carbonyl (C=O) groups is 1. The van der Waals surface area contributed by atoms with Gasteiger partial charge < -0.3 is 0 Å². The second-order valence-corrected chi connectivity index (χ2v) is 3.47. The third-order valence-electron chi connectivity index (χ3n) is 1.49. The van der Waals surface area contributed by atoms with Gasteiger partial charge >= 0.3 is 0 Å². The molecule has 0 atom stereocenters. The van der Waals surface area contributed by atoms with Gasteiger partial charge in [-0.25, -0.2) is 0 Å². The number of allylic oxidation sites excluding steroid dienone is 1. The van der Waals surface area contributed by atoms with E-state index in [1.807, 2.05) is 31.2 Å². The maximum atomic E-state index is 10.3. The smallest absolute Gasteiger partial charge is 0.157 e. The Morgan fingerprint density at radius 1 is 1.33 bits per heavy atom. The number of rotatable bonds is 2. The number of aldehydes is 1. The summed E-state index contributed by atoms with van der Waals surface area (Å²) in [7, 11) is 0. The lowest BCUT2D eigenvalue weighted by Crippen LogP contribution is -1.76. The Bertz CT molecular complexity index is 298. The van der Waals surface area contributed by atoms with E-state index in [1.54, 1.807) is 6.08 Å². The lowest BCUT2D eigenvalue weighted by Gasteiger charge is -1.94. The minimum Gasteiger partial charge on any atom is -0.297 e. The summed E-state index contributed by atoms with van der Waals surface area (Å²) in [6, 6.07) is 7.97. The van der Waals surface area contributed by atoms with E-state index in [0.29, 0.717) is 4.48 Å². The van der Waals surface area contributed by atoms with Crippen molar-refractivity contribution in [3.05, 3.63) is 39.9 Å². The van der Waals surface area contributed by atoms with E-state index >= 15 is 0 Å². The maximum absolute atomic E-state index is 10.3. The third kappa shape index (κ3) is 2.62. The summed E-state index contributed by atoms with van der Waals surface area (Å²) in [6.07, 6.45) is 2.56. The van der Waals surface area contributed by atoms with Crippen molar-refractivity contribution in [3.63, 3.8) is 0 Å². The van der Waals surface area contributed by atoms with Crippen LogP contribution in [-0.2, 0) is 4.79 Å². The zero-order valence-electron chi connectivity index (χ0n) is 6.75. The molecule has 0 bridgehead atoms. The van der Waals surface area contributed by atoms with Crippen molar-refractivity contribution in [2.75, 3.05) is 0 Å². The van der Waals surface area contributed by atoms with Gasteiger partial charge in [0.15, 0.2) is 6.29 Å².